The van der Waals surface area contributed by atoms with Gasteiger partial charge in [0.2, 0.25) is 0 Å². The zero-order valence-corrected chi connectivity index (χ0v) is 25.7. The molecule has 2 aromatic rings. The van der Waals surface area contributed by atoms with Crippen molar-refractivity contribution in [2.75, 3.05) is 82.3 Å². The minimum atomic E-state index is -0.212. The van der Waals surface area contributed by atoms with Gasteiger partial charge in [0, 0.05) is 69.0 Å². The summed E-state index contributed by atoms with van der Waals surface area (Å²) in [5, 5.41) is 3.63. The zero-order valence-electron chi connectivity index (χ0n) is 25.7. The van der Waals surface area contributed by atoms with Gasteiger partial charge < -0.3 is 19.7 Å². The highest BCUT2D eigenvalue weighted by Gasteiger charge is 2.30. The van der Waals surface area contributed by atoms with E-state index in [0.717, 1.165) is 107 Å². The average molecular weight is 553 g/mol. The Morgan fingerprint density at radius 3 is 2.23 bits per heavy atom. The van der Waals surface area contributed by atoms with Gasteiger partial charge in [-0.15, -0.1) is 0 Å². The first-order chi connectivity index (χ1) is 19.4. The van der Waals surface area contributed by atoms with E-state index in [0.29, 0.717) is 6.61 Å². The van der Waals surface area contributed by atoms with Crippen LogP contribution >= 0.6 is 0 Å². The van der Waals surface area contributed by atoms with Crippen LogP contribution in [0.25, 0.3) is 11.4 Å². The maximum Gasteiger partial charge on any atom is 0.161 e. The van der Waals surface area contributed by atoms with Crippen molar-refractivity contribution < 1.29 is 9.47 Å². The number of hydrogen-bond donors (Lipinski definition) is 1. The van der Waals surface area contributed by atoms with Crippen LogP contribution in [0.2, 0.25) is 0 Å². The van der Waals surface area contributed by atoms with Crippen molar-refractivity contribution in [2.24, 2.45) is 0 Å². The van der Waals surface area contributed by atoms with Gasteiger partial charge in [0.1, 0.15) is 5.82 Å². The molecule has 2 saturated heterocycles. The molecular formula is C32H52N6O2. The second-order valence-corrected chi connectivity index (χ2v) is 11.9. The molecule has 3 aliphatic heterocycles. The first-order valence-electron chi connectivity index (χ1n) is 15.6. The van der Waals surface area contributed by atoms with Gasteiger partial charge >= 0.3 is 0 Å². The molecule has 0 radical (unpaired) electrons. The second-order valence-electron chi connectivity index (χ2n) is 11.9. The molecule has 222 valence electrons. The molecule has 40 heavy (non-hydrogen) atoms. The van der Waals surface area contributed by atoms with Crippen molar-refractivity contribution >= 4 is 11.5 Å². The molecule has 0 bridgehead atoms. The fraction of sp³-hybridized carbons (Fsp3) is 0.688. The Hall–Kier alpha value is -2.26. The van der Waals surface area contributed by atoms with E-state index >= 15 is 0 Å². The molecule has 8 heteroatoms. The van der Waals surface area contributed by atoms with Crippen molar-refractivity contribution in [1.82, 2.24) is 19.8 Å². The van der Waals surface area contributed by atoms with E-state index in [2.05, 4.69) is 78.9 Å². The van der Waals surface area contributed by atoms with Crippen LogP contribution in [0.1, 0.15) is 65.1 Å². The molecule has 4 heterocycles. The monoisotopic (exact) mass is 552 g/mol. The van der Waals surface area contributed by atoms with E-state index in [1.165, 1.54) is 25.1 Å². The Balaban J connectivity index is 0.00000118. The number of fused-ring (bicyclic) bond motifs is 1. The van der Waals surface area contributed by atoms with Gasteiger partial charge in [-0.05, 0) is 64.0 Å². The average Bonchev–Trinajstić information content (AvgIpc) is 2.96. The Kier molecular flexibility index (Phi) is 11.6. The summed E-state index contributed by atoms with van der Waals surface area (Å²) >= 11 is 0. The molecule has 5 rings (SSSR count). The maximum atomic E-state index is 6.13. The van der Waals surface area contributed by atoms with E-state index in [9.17, 15) is 0 Å². The fourth-order valence-corrected chi connectivity index (χ4v) is 5.53. The lowest BCUT2D eigenvalue weighted by Crippen LogP contribution is -2.46. The third-order valence-electron chi connectivity index (χ3n) is 7.74. The van der Waals surface area contributed by atoms with Gasteiger partial charge in [-0.3, -0.25) is 9.80 Å². The maximum absolute atomic E-state index is 6.13. The number of morpholine rings is 1. The molecule has 0 spiro atoms. The summed E-state index contributed by atoms with van der Waals surface area (Å²) in [4.78, 5) is 17.6. The van der Waals surface area contributed by atoms with Crippen LogP contribution in [0.4, 0.5) is 11.5 Å². The Labute approximate surface area is 242 Å². The van der Waals surface area contributed by atoms with Gasteiger partial charge in [-0.1, -0.05) is 27.2 Å². The van der Waals surface area contributed by atoms with Crippen molar-refractivity contribution in [1.29, 1.82) is 0 Å². The number of hydrogen-bond acceptors (Lipinski definition) is 8. The van der Waals surface area contributed by atoms with Crippen LogP contribution in [0.5, 0.6) is 0 Å². The largest absolute Gasteiger partial charge is 0.379 e. The fourth-order valence-electron chi connectivity index (χ4n) is 5.53. The summed E-state index contributed by atoms with van der Waals surface area (Å²) in [6.07, 6.45) is 4.34. The zero-order chi connectivity index (χ0) is 28.4. The first kappa shape index (κ1) is 30.7. The molecule has 2 fully saturated rings. The molecule has 3 aliphatic rings. The normalized spacial score (nSPS) is 19.5. The van der Waals surface area contributed by atoms with E-state index < -0.39 is 0 Å². The summed E-state index contributed by atoms with van der Waals surface area (Å²) in [5.41, 5.74) is 4.35. The highest BCUT2D eigenvalue weighted by Crippen LogP contribution is 2.32. The van der Waals surface area contributed by atoms with Crippen LogP contribution in [0.3, 0.4) is 0 Å². The van der Waals surface area contributed by atoms with Crippen molar-refractivity contribution in [3.63, 3.8) is 0 Å². The Bertz CT molecular complexity index is 1030. The minimum absolute atomic E-state index is 0.212. The molecule has 0 unspecified atom stereocenters. The standard InChI is InChI=1S/C29H44N6O2.C3H8/c1-4-11-33-13-15-35(16-14-33)24-8-6-23(7-9-24)27-31-26-21-29(2,3)37-22-25(26)28(32-27)30-10-5-12-34-17-19-36-20-18-34;1-3-2/h6-9H,4-5,10-22H2,1-3H3,(H,30,31,32);3H2,1-2H3. The smallest absolute Gasteiger partial charge is 0.161 e. The minimum Gasteiger partial charge on any atom is -0.379 e. The Morgan fingerprint density at radius 2 is 1.55 bits per heavy atom. The van der Waals surface area contributed by atoms with Crippen LogP contribution in [-0.2, 0) is 22.5 Å². The van der Waals surface area contributed by atoms with Gasteiger partial charge in [0.05, 0.1) is 31.1 Å². The summed E-state index contributed by atoms with van der Waals surface area (Å²) in [6, 6.07) is 8.83. The summed E-state index contributed by atoms with van der Waals surface area (Å²) in [5.74, 6) is 1.72. The van der Waals surface area contributed by atoms with E-state index in [-0.39, 0.29) is 5.60 Å². The van der Waals surface area contributed by atoms with Crippen LogP contribution in [0, 0.1) is 0 Å². The number of rotatable bonds is 9. The highest BCUT2D eigenvalue weighted by molar-refractivity contribution is 5.63. The molecule has 1 aromatic carbocycles. The van der Waals surface area contributed by atoms with Gasteiger partial charge in [0.25, 0.3) is 0 Å². The quantitative estimate of drug-likeness (QED) is 0.432. The van der Waals surface area contributed by atoms with Crippen LogP contribution in [-0.4, -0.2) is 97.5 Å². The number of nitrogens with one attached hydrogen (secondary N) is 1. The number of aromatic nitrogens is 2. The van der Waals surface area contributed by atoms with Gasteiger partial charge in [0.15, 0.2) is 5.82 Å². The number of ether oxygens (including phenoxy) is 2. The molecule has 1 N–H and O–H groups in total. The van der Waals surface area contributed by atoms with Crippen LogP contribution in [0.15, 0.2) is 24.3 Å². The van der Waals surface area contributed by atoms with E-state index in [1.807, 2.05) is 0 Å². The number of piperazine rings is 1. The summed E-state index contributed by atoms with van der Waals surface area (Å²) in [6.45, 7) is 22.7. The van der Waals surface area contributed by atoms with Crippen molar-refractivity contribution in [3.05, 3.63) is 35.5 Å². The number of anilines is 2. The molecule has 0 atom stereocenters. The summed E-state index contributed by atoms with van der Waals surface area (Å²) in [7, 11) is 0. The van der Waals surface area contributed by atoms with Crippen molar-refractivity contribution in [2.45, 2.75) is 72.5 Å². The number of benzene rings is 1. The lowest BCUT2D eigenvalue weighted by atomic mass is 9.96. The number of nitrogens with zero attached hydrogens (tertiary/aromatic N) is 5. The van der Waals surface area contributed by atoms with E-state index in [4.69, 9.17) is 19.4 Å². The first-order valence-corrected chi connectivity index (χ1v) is 15.6. The topological polar surface area (TPSA) is 66.0 Å². The van der Waals surface area contributed by atoms with E-state index in [1.54, 1.807) is 0 Å². The highest BCUT2D eigenvalue weighted by atomic mass is 16.5. The molecule has 0 saturated carbocycles. The third kappa shape index (κ3) is 8.62. The molecule has 1 aromatic heterocycles. The van der Waals surface area contributed by atoms with Crippen molar-refractivity contribution in [3.8, 4) is 11.4 Å². The van der Waals surface area contributed by atoms with Gasteiger partial charge in [-0.2, -0.15) is 0 Å². The molecule has 0 aliphatic carbocycles. The lowest BCUT2D eigenvalue weighted by molar-refractivity contribution is -0.0411. The lowest BCUT2D eigenvalue weighted by Gasteiger charge is -2.36. The van der Waals surface area contributed by atoms with Gasteiger partial charge in [-0.25, -0.2) is 9.97 Å². The van der Waals surface area contributed by atoms with Crippen LogP contribution < -0.4 is 10.2 Å². The molecular weight excluding hydrogens is 500 g/mol. The Morgan fingerprint density at radius 1 is 0.875 bits per heavy atom. The predicted octanol–water partition coefficient (Wildman–Crippen LogP) is 5.08. The summed E-state index contributed by atoms with van der Waals surface area (Å²) < 4.78 is 11.6. The molecule has 8 nitrogen and oxygen atoms in total. The third-order valence-corrected chi connectivity index (χ3v) is 7.74. The second kappa shape index (κ2) is 15.1. The predicted molar refractivity (Wildman–Crippen MR) is 165 cm³/mol. The molecule has 0 amide bonds. The SMILES string of the molecule is CCC.CCCN1CCN(c2ccc(-c3nc4c(c(NCCCN5CCOCC5)n3)COC(C)(C)C4)cc2)CC1.